The number of amides is 4. The van der Waals surface area contributed by atoms with Gasteiger partial charge in [-0.25, -0.2) is 18.9 Å². The summed E-state index contributed by atoms with van der Waals surface area (Å²) in [5.41, 5.74) is -1.44. The monoisotopic (exact) mass is 516 g/mol. The number of rotatable bonds is 5. The van der Waals surface area contributed by atoms with Crippen LogP contribution in [0, 0.1) is 17.1 Å². The number of anilines is 1. The number of methoxy groups -OCH3 is 1. The molecule has 1 aliphatic heterocycles. The second-order valence-electron chi connectivity index (χ2n) is 8.29. The molecule has 0 spiro atoms. The van der Waals surface area contributed by atoms with Crippen molar-refractivity contribution in [2.75, 3.05) is 25.2 Å². The number of imide groups is 1. The third kappa shape index (κ3) is 4.77. The lowest BCUT2D eigenvalue weighted by atomic mass is 9.92. The molecule has 0 radical (unpaired) electrons. The normalized spacial score (nSPS) is 17.7. The first-order chi connectivity index (χ1) is 17.6. The van der Waals surface area contributed by atoms with Crippen molar-refractivity contribution in [3.8, 4) is 6.07 Å². The lowest BCUT2D eigenvalue weighted by molar-refractivity contribution is -0.137. The fourth-order valence-corrected chi connectivity index (χ4v) is 4.42. The lowest BCUT2D eigenvalue weighted by Gasteiger charge is -2.41. The minimum Gasteiger partial charge on any atom is -0.383 e. The average Bonchev–Trinajstić information content (AvgIpc) is 3.23. The summed E-state index contributed by atoms with van der Waals surface area (Å²) in [5, 5.41) is 11.5. The average molecular weight is 516 g/mol. The summed E-state index contributed by atoms with van der Waals surface area (Å²) in [6, 6.07) is 5.57. The van der Waals surface area contributed by atoms with Gasteiger partial charge in [0.2, 0.25) is 0 Å². The zero-order valence-electron chi connectivity index (χ0n) is 19.4. The second-order valence-corrected chi connectivity index (χ2v) is 8.29. The van der Waals surface area contributed by atoms with Crippen LogP contribution >= 0.6 is 0 Å². The maximum atomic E-state index is 15.2. The van der Waals surface area contributed by atoms with Crippen LogP contribution in [0.2, 0.25) is 0 Å². The van der Waals surface area contributed by atoms with Crippen molar-refractivity contribution < 1.29 is 36.7 Å². The molecule has 0 saturated carbocycles. The van der Waals surface area contributed by atoms with Crippen molar-refractivity contribution in [2.45, 2.75) is 25.1 Å². The molecule has 1 heterocycles. The van der Waals surface area contributed by atoms with Crippen molar-refractivity contribution in [3.63, 3.8) is 0 Å². The predicted molar refractivity (Wildman–Crippen MR) is 122 cm³/mol. The molecule has 1 N–H and O–H groups in total. The van der Waals surface area contributed by atoms with Crippen LogP contribution < -0.4 is 10.2 Å². The molecule has 2 aromatic carbocycles. The van der Waals surface area contributed by atoms with E-state index in [0.29, 0.717) is 4.90 Å². The summed E-state index contributed by atoms with van der Waals surface area (Å²) in [7, 11) is 1.39. The van der Waals surface area contributed by atoms with Gasteiger partial charge in [0.25, 0.3) is 0 Å². The van der Waals surface area contributed by atoms with Gasteiger partial charge in [0.05, 0.1) is 29.5 Å². The van der Waals surface area contributed by atoms with Gasteiger partial charge in [0.1, 0.15) is 11.9 Å². The minimum absolute atomic E-state index is 0.00365. The number of benzene rings is 2. The van der Waals surface area contributed by atoms with Gasteiger partial charge in [-0.1, -0.05) is 12.1 Å². The molecule has 1 aliphatic carbocycles. The highest BCUT2D eigenvalue weighted by molar-refractivity contribution is 6.12. The molecule has 0 bridgehead atoms. The van der Waals surface area contributed by atoms with Gasteiger partial charge in [0.15, 0.2) is 5.78 Å². The molecule has 0 fully saturated rings. The largest absolute Gasteiger partial charge is 0.416 e. The fourth-order valence-electron chi connectivity index (χ4n) is 4.42. The number of carbonyl (C=O) groups excluding carboxylic acids is 3. The SMILES string of the molecule is COCCNC(=O)N1C(=O)N(c2cccc(C(F)(F)F)c2)C2=C(C(=O)CC2)C1c1ccc(C#N)cc1F. The van der Waals surface area contributed by atoms with E-state index >= 15 is 4.39 Å². The highest BCUT2D eigenvalue weighted by Gasteiger charge is 2.49. The third-order valence-electron chi connectivity index (χ3n) is 6.06. The third-order valence-corrected chi connectivity index (χ3v) is 6.06. The van der Waals surface area contributed by atoms with E-state index in [2.05, 4.69) is 5.32 Å². The first-order valence-electron chi connectivity index (χ1n) is 11.1. The van der Waals surface area contributed by atoms with Crippen molar-refractivity contribution in [2.24, 2.45) is 0 Å². The molecule has 37 heavy (non-hydrogen) atoms. The number of alkyl halides is 3. The van der Waals surface area contributed by atoms with Crippen molar-refractivity contribution in [3.05, 3.63) is 76.2 Å². The van der Waals surface area contributed by atoms with E-state index in [1.54, 1.807) is 6.07 Å². The molecule has 0 saturated heterocycles. The number of ether oxygens (including phenoxy) is 1. The Hall–Kier alpha value is -4.24. The van der Waals surface area contributed by atoms with Crippen LogP contribution in [0.4, 0.5) is 32.8 Å². The Balaban J connectivity index is 1.92. The van der Waals surface area contributed by atoms with Gasteiger partial charge in [-0.15, -0.1) is 0 Å². The molecular weight excluding hydrogens is 496 g/mol. The standard InChI is InChI=1S/C25H20F4N4O4/c1-37-10-9-31-23(35)33-22(17-6-5-14(13-30)11-18(17)26)21-19(7-8-20(21)34)32(24(33)36)16-4-2-3-15(12-16)25(27,28)29/h2-6,11-12,22H,7-10H2,1H3,(H,31,35). The van der Waals surface area contributed by atoms with E-state index in [0.717, 1.165) is 29.2 Å². The zero-order chi connectivity index (χ0) is 26.9. The Morgan fingerprint density at radius 3 is 2.59 bits per heavy atom. The lowest BCUT2D eigenvalue weighted by Crippen LogP contribution is -2.55. The molecule has 2 aromatic rings. The molecule has 4 amide bonds. The van der Waals surface area contributed by atoms with Gasteiger partial charge in [-0.2, -0.15) is 18.4 Å². The van der Waals surface area contributed by atoms with Gasteiger partial charge in [-0.3, -0.25) is 9.69 Å². The number of carbonyl (C=O) groups is 3. The summed E-state index contributed by atoms with van der Waals surface area (Å²) in [5.74, 6) is -1.41. The molecular formula is C25H20F4N4O4. The number of nitrogens with one attached hydrogen (secondary N) is 1. The molecule has 1 unspecified atom stereocenters. The van der Waals surface area contributed by atoms with Gasteiger partial charge in [-0.05, 0) is 36.8 Å². The molecule has 0 aromatic heterocycles. The minimum atomic E-state index is -4.71. The van der Waals surface area contributed by atoms with E-state index in [1.807, 2.05) is 0 Å². The number of hydrogen-bond donors (Lipinski definition) is 1. The number of halogens is 4. The fraction of sp³-hybridized carbons (Fsp3) is 0.280. The predicted octanol–water partition coefficient (Wildman–Crippen LogP) is 4.67. The van der Waals surface area contributed by atoms with Crippen LogP contribution in [0.15, 0.2) is 53.7 Å². The van der Waals surface area contributed by atoms with E-state index < -0.39 is 41.4 Å². The summed E-state index contributed by atoms with van der Waals surface area (Å²) < 4.78 is 60.3. The number of nitrogens with zero attached hydrogens (tertiary/aromatic N) is 3. The van der Waals surface area contributed by atoms with Crippen LogP contribution in [0.5, 0.6) is 0 Å². The highest BCUT2D eigenvalue weighted by atomic mass is 19.4. The summed E-state index contributed by atoms with van der Waals surface area (Å²) in [4.78, 5) is 41.6. The maximum Gasteiger partial charge on any atom is 0.416 e. The highest BCUT2D eigenvalue weighted by Crippen LogP contribution is 2.46. The summed E-state index contributed by atoms with van der Waals surface area (Å²) in [6.07, 6.45) is -4.78. The van der Waals surface area contributed by atoms with Crippen LogP contribution in [-0.2, 0) is 15.7 Å². The van der Waals surface area contributed by atoms with Crippen LogP contribution in [-0.4, -0.2) is 43.0 Å². The molecule has 12 heteroatoms. The van der Waals surface area contributed by atoms with E-state index in [-0.39, 0.29) is 54.1 Å². The molecule has 4 rings (SSSR count). The number of nitriles is 1. The Morgan fingerprint density at radius 1 is 1.19 bits per heavy atom. The van der Waals surface area contributed by atoms with Crippen LogP contribution in [0.3, 0.4) is 0 Å². The maximum absolute atomic E-state index is 15.2. The van der Waals surface area contributed by atoms with Gasteiger partial charge < -0.3 is 10.1 Å². The summed E-state index contributed by atoms with van der Waals surface area (Å²) >= 11 is 0. The Bertz CT molecular complexity index is 1350. The zero-order valence-corrected chi connectivity index (χ0v) is 19.4. The van der Waals surface area contributed by atoms with E-state index in [4.69, 9.17) is 10.00 Å². The Morgan fingerprint density at radius 2 is 1.95 bits per heavy atom. The van der Waals surface area contributed by atoms with Crippen LogP contribution in [0.1, 0.15) is 35.6 Å². The molecule has 192 valence electrons. The van der Waals surface area contributed by atoms with E-state index in [9.17, 15) is 27.6 Å². The number of urea groups is 2. The molecule has 1 atom stereocenters. The number of Topliss-reactive ketones (excluding diaryl/α,β-unsaturated/α-hetero) is 1. The van der Waals surface area contributed by atoms with Crippen molar-refractivity contribution >= 4 is 23.5 Å². The number of allylic oxidation sites excluding steroid dienone is 1. The molecule has 8 nitrogen and oxygen atoms in total. The number of ketones is 1. The van der Waals surface area contributed by atoms with Crippen molar-refractivity contribution in [1.82, 2.24) is 10.2 Å². The smallest absolute Gasteiger partial charge is 0.383 e. The Kier molecular flexibility index (Phi) is 7.00. The molecule has 2 aliphatic rings. The number of hydrogen-bond acceptors (Lipinski definition) is 5. The first-order valence-corrected chi connectivity index (χ1v) is 11.1. The summed E-state index contributed by atoms with van der Waals surface area (Å²) in [6.45, 7) is 0.0407. The van der Waals surface area contributed by atoms with E-state index in [1.165, 1.54) is 25.3 Å². The second kappa shape index (κ2) is 10.0. The van der Waals surface area contributed by atoms with Crippen LogP contribution in [0.25, 0.3) is 0 Å². The quantitative estimate of drug-likeness (QED) is 0.460. The van der Waals surface area contributed by atoms with Gasteiger partial charge in [0, 0.05) is 36.9 Å². The first kappa shape index (κ1) is 25.8. The topological polar surface area (TPSA) is 103 Å². The van der Waals surface area contributed by atoms with Gasteiger partial charge >= 0.3 is 18.2 Å². The Labute approximate surface area is 208 Å². The van der Waals surface area contributed by atoms with Crippen molar-refractivity contribution in [1.29, 1.82) is 5.26 Å².